The van der Waals surface area contributed by atoms with Gasteiger partial charge in [0.2, 0.25) is 15.9 Å². The highest BCUT2D eigenvalue weighted by atomic mass is 35.5. The Labute approximate surface area is 173 Å². The average molecular weight is 447 g/mol. The number of hydrogen-bond acceptors (Lipinski definition) is 5. The molecule has 0 aromatic heterocycles. The Morgan fingerprint density at radius 2 is 1.82 bits per heavy atom. The summed E-state index contributed by atoms with van der Waals surface area (Å²) in [5.74, 6) is -0.472. The molecule has 0 aliphatic heterocycles. The predicted molar refractivity (Wildman–Crippen MR) is 110 cm³/mol. The van der Waals surface area contributed by atoms with E-state index in [0.717, 1.165) is 6.26 Å². The molecule has 10 heteroatoms. The van der Waals surface area contributed by atoms with Crippen LogP contribution >= 0.6 is 23.2 Å². The number of carbonyl (C=O) groups is 1. The first-order valence-electron chi connectivity index (χ1n) is 8.21. The van der Waals surface area contributed by atoms with Gasteiger partial charge in [-0.05, 0) is 35.9 Å². The summed E-state index contributed by atoms with van der Waals surface area (Å²) in [7, 11) is -3.62. The van der Waals surface area contributed by atoms with Gasteiger partial charge >= 0.3 is 0 Å². The van der Waals surface area contributed by atoms with Crippen molar-refractivity contribution in [2.45, 2.75) is 19.1 Å². The lowest BCUT2D eigenvalue weighted by Gasteiger charge is -2.23. The largest absolute Gasteiger partial charge is 0.394 e. The summed E-state index contributed by atoms with van der Waals surface area (Å²) in [5, 5.41) is 21.2. The highest BCUT2D eigenvalue weighted by molar-refractivity contribution is 7.92. The van der Waals surface area contributed by atoms with Crippen LogP contribution < -0.4 is 9.62 Å². The molecule has 7 nitrogen and oxygen atoms in total. The van der Waals surface area contributed by atoms with Gasteiger partial charge in [0.15, 0.2) is 0 Å². The van der Waals surface area contributed by atoms with Gasteiger partial charge in [0, 0.05) is 5.69 Å². The minimum absolute atomic E-state index is 0.00732. The van der Waals surface area contributed by atoms with Gasteiger partial charge in [-0.15, -0.1) is 0 Å². The number of nitrogens with one attached hydrogen (secondary N) is 1. The molecule has 0 fully saturated rings. The van der Waals surface area contributed by atoms with Crippen molar-refractivity contribution in [1.29, 1.82) is 0 Å². The zero-order valence-corrected chi connectivity index (χ0v) is 17.3. The number of nitrogens with zero attached hydrogens (tertiary/aromatic N) is 1. The maximum atomic E-state index is 12.3. The van der Waals surface area contributed by atoms with Crippen molar-refractivity contribution in [3.8, 4) is 0 Å². The molecule has 1 unspecified atom stereocenters. The second-order valence-corrected chi connectivity index (χ2v) is 8.81. The molecular formula is C18H20Cl2N2O5S. The molecule has 0 heterocycles. The molecule has 0 spiro atoms. The van der Waals surface area contributed by atoms with Gasteiger partial charge in [-0.1, -0.05) is 35.3 Å². The first kappa shape index (κ1) is 22.4. The summed E-state index contributed by atoms with van der Waals surface area (Å²) in [5.41, 5.74) is 1.36. The van der Waals surface area contributed by atoms with Crippen LogP contribution in [0.25, 0.3) is 0 Å². The molecule has 3 N–H and O–H groups in total. The smallest absolute Gasteiger partial charge is 0.232 e. The first-order chi connectivity index (χ1) is 13.1. The van der Waals surface area contributed by atoms with E-state index in [2.05, 4.69) is 5.32 Å². The number of aliphatic hydroxyl groups excluding tert-OH is 2. The maximum absolute atomic E-state index is 12.3. The van der Waals surface area contributed by atoms with Crippen molar-refractivity contribution in [1.82, 2.24) is 0 Å². The first-order valence-corrected chi connectivity index (χ1v) is 10.8. The molecule has 0 aliphatic rings. The van der Waals surface area contributed by atoms with Gasteiger partial charge in [-0.25, -0.2) is 8.42 Å². The third-order valence-electron chi connectivity index (χ3n) is 3.82. The summed E-state index contributed by atoms with van der Waals surface area (Å²) >= 11 is 12.2. The van der Waals surface area contributed by atoms with Gasteiger partial charge in [-0.3, -0.25) is 9.10 Å². The Hall–Kier alpha value is -1.84. The van der Waals surface area contributed by atoms with Crippen LogP contribution in [0, 0.1) is 0 Å². The van der Waals surface area contributed by atoms with E-state index in [1.807, 2.05) is 0 Å². The Bertz CT molecular complexity index is 935. The molecular weight excluding hydrogens is 427 g/mol. The number of halogens is 2. The Kier molecular flexibility index (Phi) is 7.68. The SMILES string of the molecule is CS(=O)(=O)N(Cc1cccc(Cl)c1Cl)c1ccc(NC(=O)CC(O)CO)cc1. The molecule has 2 aromatic rings. The lowest BCUT2D eigenvalue weighted by Crippen LogP contribution is -2.29. The summed E-state index contributed by atoms with van der Waals surface area (Å²) in [6.07, 6.45) is -0.305. The summed E-state index contributed by atoms with van der Waals surface area (Å²) in [6.45, 7) is -0.519. The summed E-state index contributed by atoms with van der Waals surface area (Å²) < 4.78 is 25.7. The molecule has 0 bridgehead atoms. The van der Waals surface area contributed by atoms with Crippen LogP contribution in [0.1, 0.15) is 12.0 Å². The van der Waals surface area contributed by atoms with Crippen LogP contribution in [0.3, 0.4) is 0 Å². The topological polar surface area (TPSA) is 107 Å². The van der Waals surface area contributed by atoms with Crippen molar-refractivity contribution < 1.29 is 23.4 Å². The molecule has 2 rings (SSSR count). The predicted octanol–water partition coefficient (Wildman–Crippen LogP) is 2.64. The molecule has 152 valence electrons. The lowest BCUT2D eigenvalue weighted by atomic mass is 10.2. The van der Waals surface area contributed by atoms with Crippen molar-refractivity contribution in [2.24, 2.45) is 0 Å². The minimum atomic E-state index is -3.62. The van der Waals surface area contributed by atoms with E-state index in [4.69, 9.17) is 28.3 Å². The van der Waals surface area contributed by atoms with Crippen LogP contribution in [0.5, 0.6) is 0 Å². The molecule has 0 aliphatic carbocycles. The fraction of sp³-hybridized carbons (Fsp3) is 0.278. The zero-order valence-electron chi connectivity index (χ0n) is 15.0. The average Bonchev–Trinajstić information content (AvgIpc) is 2.62. The van der Waals surface area contributed by atoms with E-state index in [1.54, 1.807) is 18.2 Å². The number of amides is 1. The van der Waals surface area contributed by atoms with Crippen LogP contribution in [-0.4, -0.2) is 43.5 Å². The second kappa shape index (κ2) is 9.58. The van der Waals surface area contributed by atoms with Gasteiger partial charge in [0.25, 0.3) is 0 Å². The minimum Gasteiger partial charge on any atom is -0.394 e. The quantitative estimate of drug-likeness (QED) is 0.577. The van der Waals surface area contributed by atoms with Crippen LogP contribution in [0.2, 0.25) is 10.0 Å². The molecule has 0 saturated heterocycles. The molecule has 1 atom stereocenters. The van der Waals surface area contributed by atoms with E-state index in [9.17, 15) is 18.3 Å². The Morgan fingerprint density at radius 3 is 2.39 bits per heavy atom. The van der Waals surface area contributed by atoms with Gasteiger partial charge < -0.3 is 15.5 Å². The third-order valence-corrected chi connectivity index (χ3v) is 5.82. The number of rotatable bonds is 8. The summed E-state index contributed by atoms with van der Waals surface area (Å²) in [4.78, 5) is 11.8. The van der Waals surface area contributed by atoms with Gasteiger partial charge in [0.1, 0.15) is 0 Å². The van der Waals surface area contributed by atoms with Crippen molar-refractivity contribution in [3.05, 3.63) is 58.1 Å². The third kappa shape index (κ3) is 6.08. The highest BCUT2D eigenvalue weighted by Crippen LogP contribution is 2.29. The molecule has 0 saturated carbocycles. The maximum Gasteiger partial charge on any atom is 0.232 e. The Morgan fingerprint density at radius 1 is 1.18 bits per heavy atom. The van der Waals surface area contributed by atoms with Crippen LogP contribution in [-0.2, 0) is 21.4 Å². The molecule has 28 heavy (non-hydrogen) atoms. The molecule has 2 aromatic carbocycles. The van der Waals surface area contributed by atoms with Crippen molar-refractivity contribution in [3.63, 3.8) is 0 Å². The molecule has 1 amide bonds. The van der Waals surface area contributed by atoms with E-state index < -0.39 is 28.6 Å². The second-order valence-electron chi connectivity index (χ2n) is 6.12. The number of anilines is 2. The normalized spacial score (nSPS) is 12.5. The van der Waals surface area contributed by atoms with Gasteiger partial charge in [0.05, 0.1) is 47.7 Å². The monoisotopic (exact) mass is 446 g/mol. The van der Waals surface area contributed by atoms with Crippen LogP contribution in [0.15, 0.2) is 42.5 Å². The fourth-order valence-corrected chi connectivity index (χ4v) is 3.69. The standard InChI is InChI=1S/C18H20Cl2N2O5S/c1-28(26,27)22(10-12-3-2-4-16(19)18(12)20)14-7-5-13(6-8-14)21-17(25)9-15(24)11-23/h2-8,15,23-24H,9-11H2,1H3,(H,21,25). The van der Waals surface area contributed by atoms with E-state index in [1.165, 1.54) is 28.6 Å². The number of sulfonamides is 1. The van der Waals surface area contributed by atoms with Crippen LogP contribution in [0.4, 0.5) is 11.4 Å². The molecule has 0 radical (unpaired) electrons. The number of hydrogen-bond donors (Lipinski definition) is 3. The lowest BCUT2D eigenvalue weighted by molar-refractivity contribution is -0.118. The van der Waals surface area contributed by atoms with Crippen molar-refractivity contribution >= 4 is 50.5 Å². The highest BCUT2D eigenvalue weighted by Gasteiger charge is 2.20. The Balaban J connectivity index is 2.21. The van der Waals surface area contributed by atoms with E-state index >= 15 is 0 Å². The zero-order chi connectivity index (χ0) is 20.9. The fourth-order valence-electron chi connectivity index (χ4n) is 2.43. The number of aliphatic hydroxyl groups is 2. The van der Waals surface area contributed by atoms with E-state index in [0.29, 0.717) is 22.0 Å². The van der Waals surface area contributed by atoms with E-state index in [-0.39, 0.29) is 18.0 Å². The number of carbonyl (C=O) groups excluding carboxylic acids is 1. The summed E-state index contributed by atoms with van der Waals surface area (Å²) in [6, 6.07) is 11.1. The van der Waals surface area contributed by atoms with Crippen molar-refractivity contribution in [2.75, 3.05) is 22.5 Å². The van der Waals surface area contributed by atoms with Gasteiger partial charge in [-0.2, -0.15) is 0 Å². The number of benzene rings is 2.